The molecule has 1 rings (SSSR count). The van der Waals surface area contributed by atoms with Crippen LogP contribution in [0.1, 0.15) is 16.8 Å². The Morgan fingerprint density at radius 3 is 2.45 bits per heavy atom. The summed E-state index contributed by atoms with van der Waals surface area (Å²) in [4.78, 5) is 49.9. The van der Waals surface area contributed by atoms with Gasteiger partial charge in [-0.3, -0.25) is 29.5 Å². The largest absolute Gasteiger partial charge is 0.525 e. The molecule has 120 valence electrons. The summed E-state index contributed by atoms with van der Waals surface area (Å²) in [5, 5.41) is 19.6. The van der Waals surface area contributed by atoms with Gasteiger partial charge in [0.1, 0.15) is 5.56 Å². The highest BCUT2D eigenvalue weighted by molar-refractivity contribution is 7.46. The number of nitro benzene ring substituents is 1. The van der Waals surface area contributed by atoms with Crippen LogP contribution >= 0.6 is 7.82 Å². The van der Waals surface area contributed by atoms with E-state index in [2.05, 4.69) is 4.52 Å². The van der Waals surface area contributed by atoms with Gasteiger partial charge in [0.2, 0.25) is 5.75 Å². The molecule has 0 aromatic heterocycles. The summed E-state index contributed by atoms with van der Waals surface area (Å²) in [6, 6.07) is 1.39. The molecule has 22 heavy (non-hydrogen) atoms. The van der Waals surface area contributed by atoms with E-state index >= 15 is 0 Å². The van der Waals surface area contributed by atoms with Crippen LogP contribution in [0.5, 0.6) is 5.75 Å². The number of phosphoric ester groups is 1. The number of hydrogen-bond acceptors (Lipinski definition) is 7. The zero-order chi connectivity index (χ0) is 17.1. The second-order valence-electron chi connectivity index (χ2n) is 4.06. The highest BCUT2D eigenvalue weighted by atomic mass is 31.2. The third-order valence-electron chi connectivity index (χ3n) is 2.40. The number of rotatable bonds is 7. The summed E-state index contributed by atoms with van der Waals surface area (Å²) in [6.45, 7) is 0. The van der Waals surface area contributed by atoms with E-state index in [-0.39, 0.29) is 0 Å². The normalized spacial score (nSPS) is 12.5. The van der Waals surface area contributed by atoms with E-state index in [0.717, 1.165) is 18.2 Å². The average Bonchev–Trinajstić information content (AvgIpc) is 2.34. The predicted molar refractivity (Wildman–Crippen MR) is 70.3 cm³/mol. The van der Waals surface area contributed by atoms with Gasteiger partial charge in [-0.05, 0) is 12.1 Å². The SMILES string of the molecule is N[C@@H](CC(=O)O)C(=O)c1cccc(OP(=O)(O)O)c1[N+](=O)[O-]. The van der Waals surface area contributed by atoms with Crippen molar-refractivity contribution in [2.45, 2.75) is 12.5 Å². The summed E-state index contributed by atoms with van der Waals surface area (Å²) < 4.78 is 15.0. The van der Waals surface area contributed by atoms with Gasteiger partial charge < -0.3 is 15.4 Å². The Morgan fingerprint density at radius 1 is 1.41 bits per heavy atom. The van der Waals surface area contributed by atoms with Gasteiger partial charge in [-0.15, -0.1) is 0 Å². The number of carbonyl (C=O) groups excluding carboxylic acids is 1. The number of ketones is 1. The van der Waals surface area contributed by atoms with Crippen LogP contribution in [0.25, 0.3) is 0 Å². The number of hydrogen-bond donors (Lipinski definition) is 4. The molecule has 1 aromatic rings. The van der Waals surface area contributed by atoms with Crippen molar-refractivity contribution in [2.24, 2.45) is 5.73 Å². The van der Waals surface area contributed by atoms with Crippen LogP contribution < -0.4 is 10.3 Å². The molecule has 1 aromatic carbocycles. The highest BCUT2D eigenvalue weighted by Crippen LogP contribution is 2.43. The zero-order valence-electron chi connectivity index (χ0n) is 10.8. The van der Waals surface area contributed by atoms with Crippen molar-refractivity contribution >= 4 is 25.3 Å². The maximum atomic E-state index is 12.0. The van der Waals surface area contributed by atoms with Crippen molar-refractivity contribution in [1.29, 1.82) is 0 Å². The van der Waals surface area contributed by atoms with E-state index in [1.54, 1.807) is 0 Å². The molecule has 0 spiro atoms. The molecule has 0 aliphatic heterocycles. The fourth-order valence-corrected chi connectivity index (χ4v) is 2.00. The first-order valence-electron chi connectivity index (χ1n) is 5.57. The molecule has 11 nitrogen and oxygen atoms in total. The number of benzene rings is 1. The summed E-state index contributed by atoms with van der Waals surface area (Å²) in [7, 11) is -5.09. The first-order valence-corrected chi connectivity index (χ1v) is 7.10. The van der Waals surface area contributed by atoms with Gasteiger partial charge in [0.05, 0.1) is 17.4 Å². The van der Waals surface area contributed by atoms with Crippen LogP contribution in [0.15, 0.2) is 18.2 Å². The summed E-state index contributed by atoms with van der Waals surface area (Å²) in [5.74, 6) is -3.27. The van der Waals surface area contributed by atoms with Crippen LogP contribution in [-0.2, 0) is 9.36 Å². The summed E-state index contributed by atoms with van der Waals surface area (Å²) in [5.41, 5.74) is 3.74. The van der Waals surface area contributed by atoms with E-state index in [0.29, 0.717) is 0 Å². The molecule has 0 aliphatic carbocycles. The minimum Gasteiger partial charge on any atom is -0.481 e. The van der Waals surface area contributed by atoms with Crippen molar-refractivity contribution < 1.29 is 38.5 Å². The Balaban J connectivity index is 3.33. The highest BCUT2D eigenvalue weighted by Gasteiger charge is 2.32. The minimum absolute atomic E-state index is 0.607. The molecule has 0 amide bonds. The monoisotopic (exact) mass is 334 g/mol. The van der Waals surface area contributed by atoms with Crippen molar-refractivity contribution in [3.8, 4) is 5.75 Å². The lowest BCUT2D eigenvalue weighted by atomic mass is 10.0. The van der Waals surface area contributed by atoms with Gasteiger partial charge >= 0.3 is 19.5 Å². The Kier molecular flexibility index (Phi) is 5.33. The molecule has 0 saturated carbocycles. The van der Waals surface area contributed by atoms with Crippen molar-refractivity contribution in [3.63, 3.8) is 0 Å². The van der Waals surface area contributed by atoms with Gasteiger partial charge in [-0.1, -0.05) is 6.07 Å². The first-order chi connectivity index (χ1) is 10.0. The molecule has 0 heterocycles. The molecule has 1 atom stereocenters. The molecular formula is C10H11N2O9P. The number of phosphoric acid groups is 1. The van der Waals surface area contributed by atoms with Crippen molar-refractivity contribution in [2.75, 3.05) is 0 Å². The summed E-state index contributed by atoms with van der Waals surface area (Å²) >= 11 is 0. The lowest BCUT2D eigenvalue weighted by Crippen LogP contribution is -2.33. The Bertz CT molecular complexity index is 668. The van der Waals surface area contributed by atoms with Crippen LogP contribution in [0.3, 0.4) is 0 Å². The van der Waals surface area contributed by atoms with Gasteiger partial charge in [-0.2, -0.15) is 0 Å². The Morgan fingerprint density at radius 2 is 2.00 bits per heavy atom. The zero-order valence-corrected chi connectivity index (χ0v) is 11.7. The van der Waals surface area contributed by atoms with E-state index in [9.17, 15) is 24.3 Å². The fraction of sp³-hybridized carbons (Fsp3) is 0.200. The standard InChI is InChI=1S/C10H11N2O9P/c11-6(4-8(13)14)10(15)5-2-1-3-7(9(5)12(16)17)21-22(18,19)20/h1-3,6H,4,11H2,(H,13,14)(H2,18,19,20)/t6-/m0/s1. The third kappa shape index (κ3) is 4.60. The maximum absolute atomic E-state index is 12.0. The Labute approximate surface area is 122 Å². The van der Waals surface area contributed by atoms with Crippen LogP contribution in [-0.4, -0.2) is 37.6 Å². The predicted octanol–water partition coefficient (Wildman–Crippen LogP) is 0.0510. The number of aliphatic carboxylic acids is 1. The van der Waals surface area contributed by atoms with Gasteiger partial charge in [0.25, 0.3) is 0 Å². The number of carboxylic acids is 1. The lowest BCUT2D eigenvalue weighted by molar-refractivity contribution is -0.385. The van der Waals surface area contributed by atoms with Crippen LogP contribution in [0, 0.1) is 10.1 Å². The molecular weight excluding hydrogens is 323 g/mol. The molecule has 0 saturated heterocycles. The Hall–Kier alpha value is -2.33. The quantitative estimate of drug-likeness (QED) is 0.229. The molecule has 0 fully saturated rings. The van der Waals surface area contributed by atoms with E-state index in [1.165, 1.54) is 0 Å². The number of Topliss-reactive ketones (excluding diaryl/α,β-unsaturated/α-hetero) is 1. The number of nitro groups is 1. The van der Waals surface area contributed by atoms with Crippen LogP contribution in [0.4, 0.5) is 5.69 Å². The van der Waals surface area contributed by atoms with E-state index in [1.807, 2.05) is 0 Å². The second kappa shape index (κ2) is 6.62. The number of nitrogens with two attached hydrogens (primary N) is 1. The number of nitrogens with zero attached hydrogens (tertiary/aromatic N) is 1. The molecule has 0 radical (unpaired) electrons. The number of carbonyl (C=O) groups is 2. The number of para-hydroxylation sites is 1. The van der Waals surface area contributed by atoms with Gasteiger partial charge in [-0.25, -0.2) is 4.57 Å². The summed E-state index contributed by atoms with van der Waals surface area (Å²) in [6.07, 6.45) is -0.764. The van der Waals surface area contributed by atoms with Crippen molar-refractivity contribution in [3.05, 3.63) is 33.9 Å². The van der Waals surface area contributed by atoms with Gasteiger partial charge in [0.15, 0.2) is 5.78 Å². The molecule has 0 bridgehead atoms. The maximum Gasteiger partial charge on any atom is 0.525 e. The fourth-order valence-electron chi connectivity index (χ4n) is 1.59. The average molecular weight is 334 g/mol. The number of carboxylic acid groups (broad SMARTS) is 1. The molecule has 0 unspecified atom stereocenters. The van der Waals surface area contributed by atoms with Crippen molar-refractivity contribution in [1.82, 2.24) is 0 Å². The minimum atomic E-state index is -5.09. The lowest BCUT2D eigenvalue weighted by Gasteiger charge is -2.11. The molecule has 5 N–H and O–H groups in total. The van der Waals surface area contributed by atoms with Gasteiger partial charge in [0, 0.05) is 0 Å². The van der Waals surface area contributed by atoms with Crippen LogP contribution in [0.2, 0.25) is 0 Å². The second-order valence-corrected chi connectivity index (χ2v) is 5.22. The first kappa shape index (κ1) is 17.7. The smallest absolute Gasteiger partial charge is 0.481 e. The van der Waals surface area contributed by atoms with E-state index < -0.39 is 54.0 Å². The topological polar surface area (TPSA) is 190 Å². The molecule has 12 heteroatoms. The third-order valence-corrected chi connectivity index (χ3v) is 2.83. The molecule has 0 aliphatic rings. The van der Waals surface area contributed by atoms with E-state index in [4.69, 9.17) is 20.6 Å².